The molecule has 1 heterocycles. The van der Waals surface area contributed by atoms with Crippen LogP contribution in [0.25, 0.3) is 0 Å². The predicted molar refractivity (Wildman–Crippen MR) is 74.2 cm³/mol. The van der Waals surface area contributed by atoms with Crippen molar-refractivity contribution < 1.29 is 0 Å². The van der Waals surface area contributed by atoms with E-state index in [1.807, 2.05) is 32.0 Å². The van der Waals surface area contributed by atoms with Crippen LogP contribution in [0, 0.1) is 13.8 Å². The standard InChI is InChI=1S/C12H12BrN3S/c1-7-11(14)15-8(2)16-12(7)17-10-5-3-4-9(13)6-10/h3-6H,1-2H3,(H2,14,15,16). The second-order valence-electron chi connectivity index (χ2n) is 3.65. The van der Waals surface area contributed by atoms with E-state index in [9.17, 15) is 0 Å². The highest BCUT2D eigenvalue weighted by Crippen LogP contribution is 2.31. The average molecular weight is 310 g/mol. The third-order valence-electron chi connectivity index (χ3n) is 2.26. The number of benzene rings is 1. The molecule has 0 saturated heterocycles. The molecule has 0 saturated carbocycles. The molecule has 1 aromatic carbocycles. The molecule has 0 bridgehead atoms. The number of hydrogen-bond acceptors (Lipinski definition) is 4. The number of hydrogen-bond donors (Lipinski definition) is 1. The average Bonchev–Trinajstić information content (AvgIpc) is 2.25. The summed E-state index contributed by atoms with van der Waals surface area (Å²) in [7, 11) is 0. The van der Waals surface area contributed by atoms with Gasteiger partial charge in [0.2, 0.25) is 0 Å². The third kappa shape index (κ3) is 2.98. The van der Waals surface area contributed by atoms with Crippen LogP contribution in [0.4, 0.5) is 5.82 Å². The molecular weight excluding hydrogens is 298 g/mol. The first-order valence-corrected chi connectivity index (χ1v) is 6.71. The Balaban J connectivity index is 2.36. The lowest BCUT2D eigenvalue weighted by Crippen LogP contribution is -2.01. The van der Waals surface area contributed by atoms with Gasteiger partial charge in [0.15, 0.2) is 0 Å². The number of rotatable bonds is 2. The number of nitrogens with two attached hydrogens (primary N) is 1. The summed E-state index contributed by atoms with van der Waals surface area (Å²) in [6.45, 7) is 3.79. The number of aryl methyl sites for hydroxylation is 1. The van der Waals surface area contributed by atoms with Crippen LogP contribution in [-0.2, 0) is 0 Å². The van der Waals surface area contributed by atoms with E-state index in [-0.39, 0.29) is 0 Å². The monoisotopic (exact) mass is 309 g/mol. The SMILES string of the molecule is Cc1nc(N)c(C)c(Sc2cccc(Br)c2)n1. The molecule has 0 atom stereocenters. The van der Waals surface area contributed by atoms with Crippen LogP contribution in [0.1, 0.15) is 11.4 Å². The molecule has 2 N–H and O–H groups in total. The van der Waals surface area contributed by atoms with E-state index < -0.39 is 0 Å². The molecular formula is C12H12BrN3S. The highest BCUT2D eigenvalue weighted by atomic mass is 79.9. The molecule has 17 heavy (non-hydrogen) atoms. The van der Waals surface area contributed by atoms with Crippen molar-refractivity contribution >= 4 is 33.5 Å². The zero-order valence-electron chi connectivity index (χ0n) is 9.57. The maximum absolute atomic E-state index is 5.83. The van der Waals surface area contributed by atoms with E-state index in [4.69, 9.17) is 5.73 Å². The van der Waals surface area contributed by atoms with E-state index in [0.29, 0.717) is 11.6 Å². The van der Waals surface area contributed by atoms with Gasteiger partial charge in [-0.1, -0.05) is 33.8 Å². The molecule has 0 aliphatic heterocycles. The highest BCUT2D eigenvalue weighted by Gasteiger charge is 2.08. The van der Waals surface area contributed by atoms with Crippen LogP contribution in [0.15, 0.2) is 38.7 Å². The smallest absolute Gasteiger partial charge is 0.131 e. The first-order chi connectivity index (χ1) is 8.06. The topological polar surface area (TPSA) is 51.8 Å². The van der Waals surface area contributed by atoms with Gasteiger partial charge in [-0.3, -0.25) is 0 Å². The van der Waals surface area contributed by atoms with E-state index in [2.05, 4.69) is 32.0 Å². The van der Waals surface area contributed by atoms with E-state index in [1.165, 1.54) is 0 Å². The summed E-state index contributed by atoms with van der Waals surface area (Å²) < 4.78 is 1.05. The summed E-state index contributed by atoms with van der Waals surface area (Å²) in [5.74, 6) is 1.25. The number of nitrogens with zero attached hydrogens (tertiary/aromatic N) is 2. The fraction of sp³-hybridized carbons (Fsp3) is 0.167. The number of aromatic nitrogens is 2. The van der Waals surface area contributed by atoms with Gasteiger partial charge in [0.05, 0.1) is 0 Å². The Labute approximate surface area is 113 Å². The van der Waals surface area contributed by atoms with Gasteiger partial charge >= 0.3 is 0 Å². The van der Waals surface area contributed by atoms with Crippen LogP contribution >= 0.6 is 27.7 Å². The van der Waals surface area contributed by atoms with Crippen molar-refractivity contribution in [2.75, 3.05) is 5.73 Å². The minimum atomic E-state index is 0.551. The fourth-order valence-electron chi connectivity index (χ4n) is 1.37. The van der Waals surface area contributed by atoms with Crippen LogP contribution in [0.3, 0.4) is 0 Å². The molecule has 3 nitrogen and oxygen atoms in total. The summed E-state index contributed by atoms with van der Waals surface area (Å²) in [6.07, 6.45) is 0. The maximum Gasteiger partial charge on any atom is 0.131 e. The van der Waals surface area contributed by atoms with Crippen molar-refractivity contribution in [1.29, 1.82) is 0 Å². The number of nitrogen functional groups attached to an aromatic ring is 1. The lowest BCUT2D eigenvalue weighted by Gasteiger charge is -2.07. The van der Waals surface area contributed by atoms with Gasteiger partial charge in [0, 0.05) is 14.9 Å². The Hall–Kier alpha value is -1.07. The van der Waals surface area contributed by atoms with Crippen LogP contribution in [-0.4, -0.2) is 9.97 Å². The summed E-state index contributed by atoms with van der Waals surface area (Å²) in [5.41, 5.74) is 6.76. The summed E-state index contributed by atoms with van der Waals surface area (Å²) in [4.78, 5) is 9.68. The van der Waals surface area contributed by atoms with Crippen molar-refractivity contribution in [3.63, 3.8) is 0 Å². The predicted octanol–water partition coefficient (Wildman–Crippen LogP) is 3.59. The molecule has 5 heteroatoms. The Morgan fingerprint density at radius 2 is 2.00 bits per heavy atom. The Morgan fingerprint density at radius 1 is 1.24 bits per heavy atom. The second-order valence-corrected chi connectivity index (χ2v) is 5.62. The maximum atomic E-state index is 5.83. The van der Waals surface area contributed by atoms with Crippen LogP contribution in [0.2, 0.25) is 0 Å². The Morgan fingerprint density at radius 3 is 2.71 bits per heavy atom. The van der Waals surface area contributed by atoms with Gasteiger partial charge in [-0.25, -0.2) is 9.97 Å². The molecule has 0 unspecified atom stereocenters. The first-order valence-electron chi connectivity index (χ1n) is 5.10. The van der Waals surface area contributed by atoms with E-state index in [0.717, 1.165) is 20.0 Å². The van der Waals surface area contributed by atoms with E-state index >= 15 is 0 Å². The Bertz CT molecular complexity index is 557. The molecule has 0 radical (unpaired) electrons. The molecule has 2 rings (SSSR count). The molecule has 0 spiro atoms. The third-order valence-corrected chi connectivity index (χ3v) is 3.83. The minimum absolute atomic E-state index is 0.551. The molecule has 0 amide bonds. The second kappa shape index (κ2) is 5.06. The lowest BCUT2D eigenvalue weighted by atomic mass is 10.3. The van der Waals surface area contributed by atoms with Crippen LogP contribution < -0.4 is 5.73 Å². The van der Waals surface area contributed by atoms with Crippen LogP contribution in [0.5, 0.6) is 0 Å². The van der Waals surface area contributed by atoms with Gasteiger partial charge < -0.3 is 5.73 Å². The summed E-state index contributed by atoms with van der Waals surface area (Å²) >= 11 is 5.05. The molecule has 0 fully saturated rings. The first kappa shape index (κ1) is 12.4. The van der Waals surface area contributed by atoms with Crippen molar-refractivity contribution in [2.24, 2.45) is 0 Å². The molecule has 2 aromatic rings. The van der Waals surface area contributed by atoms with E-state index in [1.54, 1.807) is 11.8 Å². The van der Waals surface area contributed by atoms with Gasteiger partial charge in [-0.2, -0.15) is 0 Å². The fourth-order valence-corrected chi connectivity index (χ4v) is 2.91. The minimum Gasteiger partial charge on any atom is -0.383 e. The van der Waals surface area contributed by atoms with Crippen molar-refractivity contribution in [2.45, 2.75) is 23.8 Å². The largest absolute Gasteiger partial charge is 0.383 e. The normalized spacial score (nSPS) is 10.5. The highest BCUT2D eigenvalue weighted by molar-refractivity contribution is 9.10. The van der Waals surface area contributed by atoms with Gasteiger partial charge in [0.1, 0.15) is 16.7 Å². The van der Waals surface area contributed by atoms with Crippen molar-refractivity contribution in [1.82, 2.24) is 9.97 Å². The van der Waals surface area contributed by atoms with Crippen molar-refractivity contribution in [3.05, 3.63) is 40.1 Å². The quantitative estimate of drug-likeness (QED) is 0.861. The summed E-state index contributed by atoms with van der Waals surface area (Å²) in [5, 5.41) is 0.910. The molecule has 0 aliphatic carbocycles. The van der Waals surface area contributed by atoms with Crippen molar-refractivity contribution in [3.8, 4) is 0 Å². The van der Waals surface area contributed by atoms with Gasteiger partial charge in [-0.05, 0) is 32.0 Å². The van der Waals surface area contributed by atoms with Gasteiger partial charge in [0.25, 0.3) is 0 Å². The zero-order chi connectivity index (χ0) is 12.4. The lowest BCUT2D eigenvalue weighted by molar-refractivity contribution is 0.946. The zero-order valence-corrected chi connectivity index (χ0v) is 12.0. The van der Waals surface area contributed by atoms with Gasteiger partial charge in [-0.15, -0.1) is 0 Å². The Kier molecular flexibility index (Phi) is 3.69. The molecule has 88 valence electrons. The number of halogens is 1. The summed E-state index contributed by atoms with van der Waals surface area (Å²) in [6, 6.07) is 8.09. The molecule has 1 aromatic heterocycles. The molecule has 0 aliphatic rings. The number of anilines is 1.